The van der Waals surface area contributed by atoms with Crippen LogP contribution in [0.4, 0.5) is 0 Å². The van der Waals surface area contributed by atoms with E-state index in [1.165, 1.54) is 22.3 Å². The average Bonchev–Trinajstić information content (AvgIpc) is 3.52. The Balaban J connectivity index is 0.00000306. The number of ether oxygens (including phenoxy) is 1. The second-order valence-corrected chi connectivity index (χ2v) is 8.23. The molecule has 1 fully saturated rings. The Morgan fingerprint density at radius 1 is 1.21 bits per heavy atom. The molecular weight excluding hydrogens is 527 g/mol. The fourth-order valence-corrected chi connectivity index (χ4v) is 4.06. The molecule has 1 unspecified atom stereocenters. The Morgan fingerprint density at radius 2 is 2.03 bits per heavy atom. The molecule has 33 heavy (non-hydrogen) atoms. The maximum Gasteiger partial charge on any atom is 0.193 e. The van der Waals surface area contributed by atoms with Crippen LogP contribution in [0.2, 0.25) is 0 Å². The molecule has 1 aliphatic rings. The molecule has 1 aliphatic heterocycles. The smallest absolute Gasteiger partial charge is 0.193 e. The van der Waals surface area contributed by atoms with E-state index in [1.807, 2.05) is 4.68 Å². The van der Waals surface area contributed by atoms with Crippen molar-refractivity contribution in [2.24, 2.45) is 10.9 Å². The zero-order valence-corrected chi connectivity index (χ0v) is 21.7. The van der Waals surface area contributed by atoms with Gasteiger partial charge >= 0.3 is 0 Å². The number of guanidine groups is 1. The molecule has 8 heteroatoms. The quantitative estimate of drug-likeness (QED) is 0.256. The first-order chi connectivity index (χ1) is 15.7. The SMILES string of the molecule is CCNC(=NCc1ccccc1-c1ccc(Cn2cncn2)cc1)N(C)CC1CCOC1.I. The van der Waals surface area contributed by atoms with E-state index in [0.29, 0.717) is 12.5 Å². The molecule has 4 rings (SSSR count). The van der Waals surface area contributed by atoms with E-state index >= 15 is 0 Å². The first-order valence-corrected chi connectivity index (χ1v) is 11.3. The summed E-state index contributed by atoms with van der Waals surface area (Å²) in [5.74, 6) is 1.52. The van der Waals surface area contributed by atoms with Crippen LogP contribution < -0.4 is 5.32 Å². The fourth-order valence-electron chi connectivity index (χ4n) is 4.06. The molecule has 2 aromatic carbocycles. The van der Waals surface area contributed by atoms with Crippen molar-refractivity contribution in [2.75, 3.05) is 33.4 Å². The van der Waals surface area contributed by atoms with Gasteiger partial charge in [-0.1, -0.05) is 48.5 Å². The monoisotopic (exact) mass is 560 g/mol. The van der Waals surface area contributed by atoms with Gasteiger partial charge in [-0.2, -0.15) is 5.10 Å². The number of aromatic nitrogens is 3. The van der Waals surface area contributed by atoms with Crippen molar-refractivity contribution in [2.45, 2.75) is 26.4 Å². The van der Waals surface area contributed by atoms with Gasteiger partial charge in [-0.25, -0.2) is 14.7 Å². The minimum absolute atomic E-state index is 0. The summed E-state index contributed by atoms with van der Waals surface area (Å²) in [4.78, 5) is 11.2. The third-order valence-electron chi connectivity index (χ3n) is 5.75. The lowest BCUT2D eigenvalue weighted by Gasteiger charge is -2.24. The number of nitrogens with zero attached hydrogens (tertiary/aromatic N) is 5. The summed E-state index contributed by atoms with van der Waals surface area (Å²) in [6.45, 7) is 6.98. The van der Waals surface area contributed by atoms with Gasteiger partial charge in [0, 0.05) is 32.7 Å². The molecule has 1 aromatic heterocycles. The van der Waals surface area contributed by atoms with Crippen LogP contribution in [0.1, 0.15) is 24.5 Å². The molecule has 0 spiro atoms. The number of benzene rings is 2. The molecule has 0 aliphatic carbocycles. The van der Waals surface area contributed by atoms with Gasteiger partial charge in [-0.3, -0.25) is 0 Å². The van der Waals surface area contributed by atoms with Crippen molar-refractivity contribution in [3.05, 3.63) is 72.3 Å². The van der Waals surface area contributed by atoms with Gasteiger partial charge in [0.1, 0.15) is 12.7 Å². The van der Waals surface area contributed by atoms with Crippen LogP contribution in [-0.2, 0) is 17.8 Å². The van der Waals surface area contributed by atoms with Crippen molar-refractivity contribution in [3.63, 3.8) is 0 Å². The van der Waals surface area contributed by atoms with Gasteiger partial charge in [0.05, 0.1) is 19.7 Å². The van der Waals surface area contributed by atoms with E-state index in [9.17, 15) is 0 Å². The van der Waals surface area contributed by atoms with Crippen LogP contribution in [0.5, 0.6) is 0 Å². The summed E-state index contributed by atoms with van der Waals surface area (Å²) in [7, 11) is 2.11. The van der Waals surface area contributed by atoms with E-state index in [2.05, 4.69) is 82.8 Å². The Kier molecular flexibility index (Phi) is 9.68. The van der Waals surface area contributed by atoms with Crippen molar-refractivity contribution in [3.8, 4) is 11.1 Å². The number of rotatable bonds is 8. The summed E-state index contributed by atoms with van der Waals surface area (Å²) >= 11 is 0. The standard InChI is InChI=1S/C25H32N6O.HI/c1-3-27-25(30(2)15-21-12-13-32-17-21)28-14-23-6-4-5-7-24(23)22-10-8-20(9-11-22)16-31-19-26-18-29-31;/h4-11,18-19,21H,3,12-17H2,1-2H3,(H,27,28);1H. The Bertz CT molecular complexity index is 1000. The van der Waals surface area contributed by atoms with Crippen LogP contribution >= 0.6 is 24.0 Å². The number of hydrogen-bond donors (Lipinski definition) is 1. The summed E-state index contributed by atoms with van der Waals surface area (Å²) in [5, 5.41) is 7.62. The Morgan fingerprint density at radius 3 is 2.73 bits per heavy atom. The highest BCUT2D eigenvalue weighted by atomic mass is 127. The normalized spacial score (nSPS) is 15.8. The van der Waals surface area contributed by atoms with Crippen molar-refractivity contribution >= 4 is 29.9 Å². The first kappa shape index (κ1) is 25.2. The average molecular weight is 560 g/mol. The van der Waals surface area contributed by atoms with E-state index in [0.717, 1.165) is 45.2 Å². The minimum atomic E-state index is 0. The molecule has 3 aromatic rings. The molecule has 0 radical (unpaired) electrons. The predicted octanol–water partition coefficient (Wildman–Crippen LogP) is 4.05. The molecule has 0 bridgehead atoms. The van der Waals surface area contributed by atoms with Crippen molar-refractivity contribution in [1.29, 1.82) is 0 Å². The van der Waals surface area contributed by atoms with Gasteiger partial charge in [-0.15, -0.1) is 24.0 Å². The van der Waals surface area contributed by atoms with Crippen LogP contribution in [0, 0.1) is 5.92 Å². The minimum Gasteiger partial charge on any atom is -0.381 e. The predicted molar refractivity (Wildman–Crippen MR) is 143 cm³/mol. The topological polar surface area (TPSA) is 67.6 Å². The lowest BCUT2D eigenvalue weighted by atomic mass is 9.98. The summed E-state index contributed by atoms with van der Waals surface area (Å²) < 4.78 is 7.36. The van der Waals surface area contributed by atoms with Crippen LogP contribution in [0.15, 0.2) is 66.2 Å². The molecule has 2 heterocycles. The number of nitrogens with one attached hydrogen (secondary N) is 1. The Hall–Kier alpha value is -2.46. The first-order valence-electron chi connectivity index (χ1n) is 11.3. The maximum absolute atomic E-state index is 5.53. The molecule has 0 amide bonds. The number of aliphatic imine (C=N–C) groups is 1. The number of halogens is 1. The Labute approximate surface area is 213 Å². The summed E-state index contributed by atoms with van der Waals surface area (Å²) in [6.07, 6.45) is 4.42. The second kappa shape index (κ2) is 12.7. The molecule has 0 saturated carbocycles. The highest BCUT2D eigenvalue weighted by molar-refractivity contribution is 14.0. The lowest BCUT2D eigenvalue weighted by Crippen LogP contribution is -2.41. The van der Waals surface area contributed by atoms with E-state index in [1.54, 1.807) is 12.7 Å². The van der Waals surface area contributed by atoms with Crippen LogP contribution in [-0.4, -0.2) is 59.0 Å². The maximum atomic E-state index is 5.53. The van der Waals surface area contributed by atoms with Gasteiger partial charge in [0.25, 0.3) is 0 Å². The molecule has 1 atom stereocenters. The second-order valence-electron chi connectivity index (χ2n) is 8.23. The highest BCUT2D eigenvalue weighted by Crippen LogP contribution is 2.25. The molecular formula is C25H33IN6O. The van der Waals surface area contributed by atoms with Crippen molar-refractivity contribution < 1.29 is 4.74 Å². The van der Waals surface area contributed by atoms with Crippen LogP contribution in [0.25, 0.3) is 11.1 Å². The van der Waals surface area contributed by atoms with Crippen LogP contribution in [0.3, 0.4) is 0 Å². The van der Waals surface area contributed by atoms with E-state index in [4.69, 9.17) is 9.73 Å². The third-order valence-corrected chi connectivity index (χ3v) is 5.75. The van der Waals surface area contributed by atoms with Gasteiger partial charge in [0.2, 0.25) is 0 Å². The molecule has 7 nitrogen and oxygen atoms in total. The van der Waals surface area contributed by atoms with E-state index < -0.39 is 0 Å². The van der Waals surface area contributed by atoms with Gasteiger partial charge in [0.15, 0.2) is 5.96 Å². The number of hydrogen-bond acceptors (Lipinski definition) is 4. The zero-order valence-electron chi connectivity index (χ0n) is 19.4. The van der Waals surface area contributed by atoms with E-state index in [-0.39, 0.29) is 24.0 Å². The molecule has 1 N–H and O–H groups in total. The zero-order chi connectivity index (χ0) is 22.2. The molecule has 176 valence electrons. The fraction of sp³-hybridized carbons (Fsp3) is 0.400. The largest absolute Gasteiger partial charge is 0.381 e. The summed E-state index contributed by atoms with van der Waals surface area (Å²) in [5.41, 5.74) is 4.82. The third kappa shape index (κ3) is 7.01. The van der Waals surface area contributed by atoms with Crippen molar-refractivity contribution in [1.82, 2.24) is 25.0 Å². The molecule has 1 saturated heterocycles. The lowest BCUT2D eigenvalue weighted by molar-refractivity contribution is 0.181. The van der Waals surface area contributed by atoms with Gasteiger partial charge < -0.3 is 15.0 Å². The van der Waals surface area contributed by atoms with Gasteiger partial charge in [-0.05, 0) is 35.6 Å². The highest BCUT2D eigenvalue weighted by Gasteiger charge is 2.19. The summed E-state index contributed by atoms with van der Waals surface area (Å²) in [6, 6.07) is 17.2.